The Morgan fingerprint density at radius 1 is 1.45 bits per heavy atom. The Balaban J connectivity index is 2.01. The zero-order valence-electron chi connectivity index (χ0n) is 10.6. The molecule has 1 atom stereocenters. The second-order valence-corrected chi connectivity index (χ2v) is 5.11. The van der Waals surface area contributed by atoms with E-state index in [1.807, 2.05) is 0 Å². The average molecular weight is 296 g/mol. The van der Waals surface area contributed by atoms with Crippen LogP contribution in [0.5, 0.6) is 5.75 Å². The van der Waals surface area contributed by atoms with E-state index in [1.54, 1.807) is 16.7 Å². The molecule has 0 N–H and O–H groups in total. The van der Waals surface area contributed by atoms with Crippen molar-refractivity contribution < 1.29 is 13.9 Å². The molecule has 0 saturated heterocycles. The summed E-state index contributed by atoms with van der Waals surface area (Å²) < 4.78 is 18.3. The fraction of sp³-hybridized carbons (Fsp3) is 0.273. The van der Waals surface area contributed by atoms with Gasteiger partial charge in [-0.3, -0.25) is 14.3 Å². The number of hydrogen-bond donors (Lipinski definition) is 0. The highest BCUT2D eigenvalue weighted by atomic mass is 32.2. The Kier molecular flexibility index (Phi) is 4.41. The molecule has 0 unspecified atom stereocenters. The van der Waals surface area contributed by atoms with Crippen LogP contribution in [0.1, 0.15) is 0 Å². The van der Waals surface area contributed by atoms with Crippen molar-refractivity contribution in [1.82, 2.24) is 14.8 Å². The molecule has 1 aromatic carbocycles. The normalized spacial score (nSPS) is 12.1. The summed E-state index contributed by atoms with van der Waals surface area (Å²) in [4.78, 5) is 10.3. The molecule has 0 saturated carbocycles. The topological polar surface area (TPSA) is 100 Å². The SMILES string of the molecule is C[S@@](=O)c1nncn1CCOc1ccccc1[N+](=O)[O-]. The minimum Gasteiger partial charge on any atom is -0.485 e. The number of para-hydroxylation sites is 2. The van der Waals surface area contributed by atoms with Crippen molar-refractivity contribution in [3.63, 3.8) is 0 Å². The summed E-state index contributed by atoms with van der Waals surface area (Å²) in [6.45, 7) is 0.543. The standard InChI is InChI=1S/C11H12N4O4S/c1-20(18)11-13-12-8-14(11)6-7-19-10-5-3-2-4-9(10)15(16)17/h2-5,8H,6-7H2,1H3/t20-/m1/s1. The molecule has 8 nitrogen and oxygen atoms in total. The van der Waals surface area contributed by atoms with Crippen molar-refractivity contribution in [2.24, 2.45) is 0 Å². The van der Waals surface area contributed by atoms with Crippen LogP contribution < -0.4 is 4.74 Å². The molecule has 0 spiro atoms. The minimum absolute atomic E-state index is 0.0875. The van der Waals surface area contributed by atoms with Crippen molar-refractivity contribution in [3.8, 4) is 5.75 Å². The van der Waals surface area contributed by atoms with Gasteiger partial charge >= 0.3 is 5.69 Å². The number of rotatable bonds is 6. The Morgan fingerprint density at radius 3 is 2.90 bits per heavy atom. The van der Waals surface area contributed by atoms with E-state index in [-0.39, 0.29) is 18.0 Å². The van der Waals surface area contributed by atoms with Gasteiger partial charge in [-0.1, -0.05) is 12.1 Å². The zero-order valence-corrected chi connectivity index (χ0v) is 11.4. The van der Waals surface area contributed by atoms with Crippen LogP contribution in [0.25, 0.3) is 0 Å². The molecule has 0 fully saturated rings. The third kappa shape index (κ3) is 3.18. The summed E-state index contributed by atoms with van der Waals surface area (Å²) in [6, 6.07) is 6.14. The molecule has 106 valence electrons. The van der Waals surface area contributed by atoms with E-state index in [0.717, 1.165) is 0 Å². The second kappa shape index (κ2) is 6.24. The van der Waals surface area contributed by atoms with Gasteiger partial charge in [-0.15, -0.1) is 10.2 Å². The molecule has 1 heterocycles. The number of aromatic nitrogens is 3. The van der Waals surface area contributed by atoms with E-state index in [2.05, 4.69) is 10.2 Å². The lowest BCUT2D eigenvalue weighted by Crippen LogP contribution is -2.11. The van der Waals surface area contributed by atoms with Gasteiger partial charge in [0.1, 0.15) is 12.9 Å². The van der Waals surface area contributed by atoms with E-state index in [9.17, 15) is 14.3 Å². The number of hydrogen-bond acceptors (Lipinski definition) is 6. The molecule has 0 aliphatic rings. The Hall–Kier alpha value is -2.29. The van der Waals surface area contributed by atoms with E-state index in [0.29, 0.717) is 11.7 Å². The van der Waals surface area contributed by atoms with Crippen LogP contribution in [0, 0.1) is 10.1 Å². The molecule has 0 radical (unpaired) electrons. The second-order valence-electron chi connectivity index (χ2n) is 3.83. The fourth-order valence-electron chi connectivity index (χ4n) is 1.60. The van der Waals surface area contributed by atoms with Crippen molar-refractivity contribution in [2.75, 3.05) is 12.9 Å². The van der Waals surface area contributed by atoms with Gasteiger partial charge in [0.25, 0.3) is 0 Å². The fourth-order valence-corrected chi connectivity index (χ4v) is 2.24. The van der Waals surface area contributed by atoms with Gasteiger partial charge in [0.2, 0.25) is 5.16 Å². The van der Waals surface area contributed by atoms with E-state index >= 15 is 0 Å². The zero-order chi connectivity index (χ0) is 14.5. The maximum atomic E-state index is 11.4. The predicted molar refractivity (Wildman–Crippen MR) is 70.9 cm³/mol. The van der Waals surface area contributed by atoms with Crippen molar-refractivity contribution >= 4 is 16.5 Å². The Morgan fingerprint density at radius 2 is 2.20 bits per heavy atom. The third-order valence-electron chi connectivity index (χ3n) is 2.49. The van der Waals surface area contributed by atoms with Crippen LogP contribution in [0.3, 0.4) is 0 Å². The van der Waals surface area contributed by atoms with Gasteiger partial charge in [0.05, 0.1) is 22.3 Å². The molecular weight excluding hydrogens is 284 g/mol. The van der Waals surface area contributed by atoms with E-state index in [1.165, 1.54) is 24.7 Å². The summed E-state index contributed by atoms with van der Waals surface area (Å²) in [6.07, 6.45) is 2.95. The Bertz CT molecular complexity index is 643. The van der Waals surface area contributed by atoms with Gasteiger partial charge in [-0.2, -0.15) is 0 Å². The smallest absolute Gasteiger partial charge is 0.310 e. The van der Waals surface area contributed by atoms with Gasteiger partial charge in [0.15, 0.2) is 5.75 Å². The molecule has 0 aliphatic carbocycles. The van der Waals surface area contributed by atoms with Gasteiger partial charge in [-0.25, -0.2) is 0 Å². The molecule has 0 bridgehead atoms. The maximum absolute atomic E-state index is 11.4. The first-order chi connectivity index (χ1) is 9.59. The van der Waals surface area contributed by atoms with Crippen LogP contribution in [-0.4, -0.2) is 36.8 Å². The van der Waals surface area contributed by atoms with Crippen molar-refractivity contribution in [2.45, 2.75) is 11.7 Å². The summed E-state index contributed by atoms with van der Waals surface area (Å²) in [5, 5.41) is 18.6. The van der Waals surface area contributed by atoms with E-state index in [4.69, 9.17) is 4.74 Å². The molecule has 9 heteroatoms. The van der Waals surface area contributed by atoms with Crippen LogP contribution in [-0.2, 0) is 17.3 Å². The monoisotopic (exact) mass is 296 g/mol. The lowest BCUT2D eigenvalue weighted by Gasteiger charge is -2.07. The van der Waals surface area contributed by atoms with Crippen molar-refractivity contribution in [3.05, 3.63) is 40.7 Å². The number of nitrogens with zero attached hydrogens (tertiary/aromatic N) is 4. The number of ether oxygens (including phenoxy) is 1. The molecule has 1 aromatic heterocycles. The number of nitro groups is 1. The molecule has 2 aromatic rings. The van der Waals surface area contributed by atoms with Crippen molar-refractivity contribution in [1.29, 1.82) is 0 Å². The Labute approximate surface area is 117 Å². The lowest BCUT2D eigenvalue weighted by atomic mass is 10.3. The summed E-state index contributed by atoms with van der Waals surface area (Å²) >= 11 is 0. The highest BCUT2D eigenvalue weighted by Gasteiger charge is 2.14. The first-order valence-corrected chi connectivity index (χ1v) is 7.23. The van der Waals surface area contributed by atoms with Gasteiger partial charge in [0, 0.05) is 12.3 Å². The van der Waals surface area contributed by atoms with Gasteiger partial charge in [-0.05, 0) is 6.07 Å². The van der Waals surface area contributed by atoms with Crippen LogP contribution >= 0.6 is 0 Å². The minimum atomic E-state index is -1.24. The van der Waals surface area contributed by atoms with Crippen LogP contribution in [0.2, 0.25) is 0 Å². The summed E-state index contributed by atoms with van der Waals surface area (Å²) in [7, 11) is -1.24. The highest BCUT2D eigenvalue weighted by Crippen LogP contribution is 2.25. The molecule has 0 amide bonds. The first kappa shape index (κ1) is 14.1. The molecular formula is C11H12N4O4S. The third-order valence-corrected chi connectivity index (χ3v) is 3.32. The first-order valence-electron chi connectivity index (χ1n) is 5.67. The summed E-state index contributed by atoms with van der Waals surface area (Å²) in [5.74, 6) is 0.199. The van der Waals surface area contributed by atoms with Gasteiger partial charge < -0.3 is 9.30 Å². The van der Waals surface area contributed by atoms with Crippen LogP contribution in [0.15, 0.2) is 35.7 Å². The lowest BCUT2D eigenvalue weighted by molar-refractivity contribution is -0.385. The molecule has 0 aliphatic heterocycles. The number of nitro benzene ring substituents is 1. The highest BCUT2D eigenvalue weighted by molar-refractivity contribution is 7.84. The van der Waals surface area contributed by atoms with E-state index < -0.39 is 15.7 Å². The predicted octanol–water partition coefficient (Wildman–Crippen LogP) is 1.00. The quantitative estimate of drug-likeness (QED) is 0.582. The molecule has 20 heavy (non-hydrogen) atoms. The summed E-state index contributed by atoms with van der Waals surface area (Å²) in [5.41, 5.74) is -0.0875. The number of benzene rings is 1. The van der Waals surface area contributed by atoms with Crippen LogP contribution in [0.4, 0.5) is 5.69 Å². The largest absolute Gasteiger partial charge is 0.485 e. The molecule has 2 rings (SSSR count). The maximum Gasteiger partial charge on any atom is 0.310 e. The average Bonchev–Trinajstić information content (AvgIpc) is 2.87.